The third-order valence-electron chi connectivity index (χ3n) is 7.81. The molecule has 1 saturated carbocycles. The number of alkyl halides is 3. The zero-order valence-electron chi connectivity index (χ0n) is 27.1. The Morgan fingerprint density at radius 2 is 1.88 bits per heavy atom. The molecule has 0 radical (unpaired) electrons. The van der Waals surface area contributed by atoms with Crippen LogP contribution in [0.4, 0.5) is 36.3 Å². The van der Waals surface area contributed by atoms with Crippen molar-refractivity contribution in [3.8, 4) is 5.75 Å². The van der Waals surface area contributed by atoms with Crippen molar-refractivity contribution in [2.24, 2.45) is 0 Å². The number of nitrogens with zero attached hydrogens (tertiary/aromatic N) is 3. The number of methoxy groups -OCH3 is 1. The lowest BCUT2D eigenvalue weighted by Crippen LogP contribution is -2.36. The Kier molecular flexibility index (Phi) is 13.7. The van der Waals surface area contributed by atoms with Crippen LogP contribution < -0.4 is 30.3 Å². The summed E-state index contributed by atoms with van der Waals surface area (Å²) in [7, 11) is 1.63. The summed E-state index contributed by atoms with van der Waals surface area (Å²) in [6.45, 7) is 3.77. The van der Waals surface area contributed by atoms with Gasteiger partial charge in [0.2, 0.25) is 5.95 Å². The van der Waals surface area contributed by atoms with E-state index in [-0.39, 0.29) is 24.4 Å². The largest absolute Gasteiger partial charge is 0.495 e. The molecule has 0 bridgehead atoms. The molecule has 0 spiro atoms. The fraction of sp³-hybridized carbons (Fsp3) is 0.469. The van der Waals surface area contributed by atoms with E-state index in [2.05, 4.69) is 31.2 Å². The Balaban J connectivity index is 0.000000780. The van der Waals surface area contributed by atoms with Crippen LogP contribution in [0.1, 0.15) is 53.6 Å². The van der Waals surface area contributed by atoms with Crippen molar-refractivity contribution in [2.75, 3.05) is 61.7 Å². The molecule has 4 N–H and O–H groups in total. The number of halogens is 4. The number of hydrogen-bond acceptors (Lipinski definition) is 9. The summed E-state index contributed by atoms with van der Waals surface area (Å²) >= 11 is 6.11. The molecule has 1 saturated heterocycles. The maximum atomic E-state index is 13.8. The number of hydrogen-bond donors (Lipinski definition) is 4. The van der Waals surface area contributed by atoms with E-state index in [9.17, 15) is 22.2 Å². The summed E-state index contributed by atoms with van der Waals surface area (Å²) < 4.78 is 65.5. The summed E-state index contributed by atoms with van der Waals surface area (Å²) in [5.74, 6) is -0.496. The van der Waals surface area contributed by atoms with E-state index < -0.39 is 28.5 Å². The smallest absolute Gasteiger partial charge is 0.421 e. The Morgan fingerprint density at radius 3 is 2.48 bits per heavy atom. The van der Waals surface area contributed by atoms with E-state index >= 15 is 0 Å². The topological polar surface area (TPSA) is 130 Å². The monoisotopic (exact) mass is 711 g/mol. The zero-order chi connectivity index (χ0) is 34.7. The molecule has 2 aliphatic rings. The molecular weight excluding hydrogens is 671 g/mol. The van der Waals surface area contributed by atoms with Crippen molar-refractivity contribution >= 4 is 51.6 Å². The maximum Gasteiger partial charge on any atom is 0.421 e. The van der Waals surface area contributed by atoms with Gasteiger partial charge in [0.25, 0.3) is 5.91 Å². The van der Waals surface area contributed by atoms with Crippen molar-refractivity contribution in [3.63, 3.8) is 0 Å². The van der Waals surface area contributed by atoms with Crippen molar-refractivity contribution in [1.82, 2.24) is 20.6 Å². The van der Waals surface area contributed by atoms with Crippen molar-refractivity contribution in [3.05, 3.63) is 64.3 Å². The van der Waals surface area contributed by atoms with E-state index in [1.165, 1.54) is 24.1 Å². The molecule has 2 fully saturated rings. The van der Waals surface area contributed by atoms with Gasteiger partial charge in [-0.2, -0.15) is 18.2 Å². The molecule has 48 heavy (non-hydrogen) atoms. The number of amides is 1. The van der Waals surface area contributed by atoms with E-state index in [1.54, 1.807) is 43.4 Å². The van der Waals surface area contributed by atoms with Crippen LogP contribution in [-0.2, 0) is 28.4 Å². The second kappa shape index (κ2) is 17.7. The molecule has 5 rings (SSSR count). The van der Waals surface area contributed by atoms with Crippen LogP contribution in [-0.4, -0.2) is 72.8 Å². The number of anilines is 4. The number of morpholine rings is 1. The van der Waals surface area contributed by atoms with Gasteiger partial charge in [-0.25, -0.2) is 9.19 Å². The SMILES string of the molecule is C1COCCN1.COc1cc(C(=O)NC2CCCCC2)ccc1Nc1ncc(C(F)(F)F)c(NCc2ccc(Cl)cc2N(C)S(C)=O)n1. The number of aromatic nitrogens is 2. The molecule has 16 heteroatoms. The van der Waals surface area contributed by atoms with Gasteiger partial charge in [0.15, 0.2) is 0 Å². The molecule has 1 aliphatic heterocycles. The van der Waals surface area contributed by atoms with Gasteiger partial charge in [-0.3, -0.25) is 9.10 Å². The van der Waals surface area contributed by atoms with Gasteiger partial charge >= 0.3 is 6.18 Å². The molecule has 2 heterocycles. The normalized spacial score (nSPS) is 15.8. The first kappa shape index (κ1) is 37.2. The van der Waals surface area contributed by atoms with Gasteiger partial charge in [-0.05, 0) is 48.7 Å². The van der Waals surface area contributed by atoms with Crippen molar-refractivity contribution in [2.45, 2.75) is 50.9 Å². The highest BCUT2D eigenvalue weighted by Gasteiger charge is 2.35. The number of carbonyl (C=O) groups excluding carboxylic acids is 1. The fourth-order valence-electron chi connectivity index (χ4n) is 5.17. The third kappa shape index (κ3) is 10.7. The lowest BCUT2D eigenvalue weighted by atomic mass is 9.95. The van der Waals surface area contributed by atoms with Crippen LogP contribution in [0.2, 0.25) is 5.02 Å². The number of rotatable bonds is 10. The second-order valence-electron chi connectivity index (χ2n) is 11.2. The molecule has 1 aromatic heterocycles. The van der Waals surface area contributed by atoms with Gasteiger partial charge in [-0.15, -0.1) is 0 Å². The van der Waals surface area contributed by atoms with Crippen LogP contribution in [0, 0.1) is 0 Å². The number of ether oxygens (including phenoxy) is 2. The molecule has 11 nitrogen and oxygen atoms in total. The Morgan fingerprint density at radius 1 is 1.15 bits per heavy atom. The van der Waals surface area contributed by atoms with Crippen LogP contribution in [0.25, 0.3) is 0 Å². The minimum atomic E-state index is -4.73. The molecule has 262 valence electrons. The standard InChI is InChI=1S/C28H32ClF3N6O3S.C4H9NO/c1-38(42(3)40)23-14-19(29)11-9-18(23)15-33-25-21(28(30,31)32)16-34-27(37-25)36-22-12-10-17(13-24(22)41-2)26(39)35-20-7-5-4-6-8-20;1-3-6-4-2-5-1/h9-14,16,20H,4-8,15H2,1-3H3,(H,35,39)(H2,33,34,36,37);5H,1-4H2. The maximum absolute atomic E-state index is 13.8. The zero-order valence-corrected chi connectivity index (χ0v) is 28.7. The van der Waals surface area contributed by atoms with Gasteiger partial charge in [-0.1, -0.05) is 36.9 Å². The predicted molar refractivity (Wildman–Crippen MR) is 183 cm³/mol. The highest BCUT2D eigenvalue weighted by atomic mass is 35.5. The predicted octanol–water partition coefficient (Wildman–Crippen LogP) is 5.91. The highest BCUT2D eigenvalue weighted by molar-refractivity contribution is 7.85. The lowest BCUT2D eigenvalue weighted by molar-refractivity contribution is -0.137. The lowest BCUT2D eigenvalue weighted by Gasteiger charge is -2.23. The van der Waals surface area contributed by atoms with E-state index in [0.717, 1.165) is 52.0 Å². The van der Waals surface area contributed by atoms with Crippen LogP contribution in [0.15, 0.2) is 42.6 Å². The van der Waals surface area contributed by atoms with Crippen LogP contribution in [0.5, 0.6) is 5.75 Å². The molecule has 1 amide bonds. The van der Waals surface area contributed by atoms with Gasteiger partial charge in [0.05, 0.1) is 31.7 Å². The Hall–Kier alpha value is -3.66. The van der Waals surface area contributed by atoms with Crippen LogP contribution >= 0.6 is 11.6 Å². The van der Waals surface area contributed by atoms with E-state index in [0.29, 0.717) is 39.5 Å². The molecule has 1 unspecified atom stereocenters. The minimum Gasteiger partial charge on any atom is -0.495 e. The minimum absolute atomic E-state index is 0.0678. The van der Waals surface area contributed by atoms with E-state index in [4.69, 9.17) is 21.1 Å². The third-order valence-corrected chi connectivity index (χ3v) is 9.01. The first-order valence-electron chi connectivity index (χ1n) is 15.5. The quantitative estimate of drug-likeness (QED) is 0.203. The van der Waals surface area contributed by atoms with Crippen molar-refractivity contribution in [1.29, 1.82) is 0 Å². The fourth-order valence-corrected chi connectivity index (χ4v) is 5.78. The molecule has 2 aromatic carbocycles. The summed E-state index contributed by atoms with van der Waals surface area (Å²) in [4.78, 5) is 20.7. The second-order valence-corrected chi connectivity index (χ2v) is 13.0. The summed E-state index contributed by atoms with van der Waals surface area (Å²) in [5.41, 5.74) is 0.758. The molecule has 1 aliphatic carbocycles. The Labute approximate surface area is 285 Å². The number of nitrogens with one attached hydrogen (secondary N) is 4. The first-order valence-corrected chi connectivity index (χ1v) is 17.4. The van der Waals surface area contributed by atoms with Gasteiger partial charge in [0, 0.05) is 55.8 Å². The summed E-state index contributed by atoms with van der Waals surface area (Å²) in [6, 6.07) is 9.69. The van der Waals surface area contributed by atoms with E-state index in [1.807, 2.05) is 0 Å². The number of carbonyl (C=O) groups is 1. The van der Waals surface area contributed by atoms with Gasteiger partial charge in [0.1, 0.15) is 28.1 Å². The Bertz CT molecular complexity index is 1550. The first-order chi connectivity index (χ1) is 23.0. The van der Waals surface area contributed by atoms with Gasteiger partial charge < -0.3 is 30.7 Å². The van der Waals surface area contributed by atoms with Crippen molar-refractivity contribution < 1.29 is 31.6 Å². The molecular formula is C32H41ClF3N7O4S. The average Bonchev–Trinajstić information content (AvgIpc) is 3.08. The molecule has 3 aromatic rings. The summed E-state index contributed by atoms with van der Waals surface area (Å²) in [5, 5.41) is 12.2. The molecule has 1 atom stereocenters. The average molecular weight is 712 g/mol. The van der Waals surface area contributed by atoms with Crippen LogP contribution in [0.3, 0.4) is 0 Å². The highest BCUT2D eigenvalue weighted by Crippen LogP contribution is 2.36. The summed E-state index contributed by atoms with van der Waals surface area (Å²) in [6.07, 6.45) is 2.66. The number of benzene rings is 2.